The van der Waals surface area contributed by atoms with Gasteiger partial charge >= 0.3 is 5.92 Å². The van der Waals surface area contributed by atoms with Crippen LogP contribution < -0.4 is 30.9 Å². The van der Waals surface area contributed by atoms with Crippen molar-refractivity contribution >= 4 is 56.4 Å². The standard InChI is InChI=1S/C27H27BrClF4N5O3/c1-27(32,33)25(40)34-12-14-3-8-18(29)19(9-14)36-26-37-20-10-17(24(39)35-16-6-4-15(28)5-7-16)22(41-13-23(30)31)11-21(20)38(26)2/h3-8,10-11,19,23,26,36-37H,9,12-13H2,1-2H3,(H,34,40)(H,35,39). The second-order valence-corrected chi connectivity index (χ2v) is 10.9. The first-order valence-corrected chi connectivity index (χ1v) is 13.6. The van der Waals surface area contributed by atoms with Crippen LogP contribution in [-0.4, -0.2) is 56.7 Å². The predicted molar refractivity (Wildman–Crippen MR) is 153 cm³/mol. The maximum Gasteiger partial charge on any atom is 0.321 e. The molecule has 4 N–H and O–H groups in total. The van der Waals surface area contributed by atoms with E-state index in [2.05, 4.69) is 37.2 Å². The van der Waals surface area contributed by atoms with Crippen molar-refractivity contribution in [2.75, 3.05) is 35.7 Å². The normalized spacial score (nSPS) is 18.3. The Labute approximate surface area is 247 Å². The summed E-state index contributed by atoms with van der Waals surface area (Å²) in [4.78, 5) is 26.5. The Balaban J connectivity index is 1.49. The third-order valence-corrected chi connectivity index (χ3v) is 7.30. The number of benzene rings is 2. The molecule has 14 heteroatoms. The lowest BCUT2D eigenvalue weighted by molar-refractivity contribution is -0.142. The van der Waals surface area contributed by atoms with Gasteiger partial charge in [0.2, 0.25) is 0 Å². The molecule has 2 aliphatic rings. The average Bonchev–Trinajstić information content (AvgIpc) is 3.21. The molecule has 0 bridgehead atoms. The first kappa shape index (κ1) is 30.7. The Bertz CT molecular complexity index is 1370. The largest absolute Gasteiger partial charge is 0.487 e. The molecule has 220 valence electrons. The summed E-state index contributed by atoms with van der Waals surface area (Å²) in [6.45, 7) is -0.441. The first-order chi connectivity index (χ1) is 19.3. The molecular formula is C27H27BrClF4N5O3. The topological polar surface area (TPSA) is 94.7 Å². The van der Waals surface area contributed by atoms with Gasteiger partial charge in [-0.1, -0.05) is 33.6 Å². The van der Waals surface area contributed by atoms with Crippen LogP contribution in [0.25, 0.3) is 0 Å². The molecule has 0 radical (unpaired) electrons. The summed E-state index contributed by atoms with van der Waals surface area (Å²) in [6, 6.07) is 9.46. The molecule has 0 saturated carbocycles. The minimum absolute atomic E-state index is 0.0164. The highest BCUT2D eigenvalue weighted by Crippen LogP contribution is 2.39. The molecule has 1 aliphatic heterocycles. The van der Waals surface area contributed by atoms with E-state index in [4.69, 9.17) is 16.3 Å². The number of fused-ring (bicyclic) bond motifs is 1. The molecule has 0 spiro atoms. The van der Waals surface area contributed by atoms with Gasteiger partial charge in [0.05, 0.1) is 23.0 Å². The second-order valence-electron chi connectivity index (χ2n) is 9.56. The molecule has 2 atom stereocenters. The van der Waals surface area contributed by atoms with Gasteiger partial charge in [-0.25, -0.2) is 8.78 Å². The summed E-state index contributed by atoms with van der Waals surface area (Å²) < 4.78 is 58.5. The van der Waals surface area contributed by atoms with Crippen molar-refractivity contribution in [3.8, 4) is 5.75 Å². The zero-order valence-corrected chi connectivity index (χ0v) is 24.3. The van der Waals surface area contributed by atoms with E-state index in [1.165, 1.54) is 12.1 Å². The van der Waals surface area contributed by atoms with Gasteiger partial charge in [-0.15, -0.1) is 0 Å². The van der Waals surface area contributed by atoms with E-state index < -0.39 is 43.1 Å². The minimum Gasteiger partial charge on any atom is -0.487 e. The Morgan fingerprint density at radius 3 is 2.59 bits per heavy atom. The molecule has 41 heavy (non-hydrogen) atoms. The number of nitrogens with one attached hydrogen (secondary N) is 4. The number of anilines is 3. The summed E-state index contributed by atoms with van der Waals surface area (Å²) in [7, 11) is 1.75. The lowest BCUT2D eigenvalue weighted by Gasteiger charge is -2.30. The molecule has 2 aromatic carbocycles. The highest BCUT2D eigenvalue weighted by molar-refractivity contribution is 9.10. The third-order valence-electron chi connectivity index (χ3n) is 6.38. The van der Waals surface area contributed by atoms with Gasteiger partial charge in [0.15, 0.2) is 6.29 Å². The number of hydrogen-bond donors (Lipinski definition) is 4. The Kier molecular flexibility index (Phi) is 9.50. The van der Waals surface area contributed by atoms with Crippen molar-refractivity contribution in [1.29, 1.82) is 0 Å². The maximum absolute atomic E-state index is 13.2. The number of alkyl halides is 4. The number of nitrogens with zero attached hydrogens (tertiary/aromatic N) is 1. The fourth-order valence-corrected chi connectivity index (χ4v) is 4.71. The smallest absolute Gasteiger partial charge is 0.321 e. The predicted octanol–water partition coefficient (Wildman–Crippen LogP) is 5.67. The molecule has 2 unspecified atom stereocenters. The van der Waals surface area contributed by atoms with Crippen LogP contribution in [0.2, 0.25) is 0 Å². The fraction of sp³-hybridized carbons (Fsp3) is 0.333. The van der Waals surface area contributed by atoms with Crippen molar-refractivity contribution in [3.05, 3.63) is 69.2 Å². The molecule has 2 amide bonds. The maximum atomic E-state index is 13.2. The molecule has 4 rings (SSSR count). The van der Waals surface area contributed by atoms with Crippen molar-refractivity contribution < 1.29 is 31.9 Å². The number of rotatable bonds is 10. The number of hydrogen-bond acceptors (Lipinski definition) is 6. The molecule has 0 aromatic heterocycles. The number of allylic oxidation sites excluding steroid dienone is 2. The van der Waals surface area contributed by atoms with Crippen molar-refractivity contribution in [1.82, 2.24) is 10.6 Å². The minimum atomic E-state index is -3.49. The van der Waals surface area contributed by atoms with Crippen LogP contribution in [0.1, 0.15) is 23.7 Å². The van der Waals surface area contributed by atoms with Crippen molar-refractivity contribution in [3.63, 3.8) is 0 Å². The van der Waals surface area contributed by atoms with Crippen LogP contribution in [0.5, 0.6) is 5.75 Å². The summed E-state index contributed by atoms with van der Waals surface area (Å²) in [5, 5.41) is 12.0. The molecule has 8 nitrogen and oxygen atoms in total. The summed E-state index contributed by atoms with van der Waals surface area (Å²) >= 11 is 9.75. The number of ether oxygens (including phenoxy) is 1. The molecule has 0 fully saturated rings. The van der Waals surface area contributed by atoms with Gasteiger partial charge in [0.1, 0.15) is 12.4 Å². The lowest BCUT2D eigenvalue weighted by atomic mass is 10.00. The second kappa shape index (κ2) is 12.7. The zero-order valence-electron chi connectivity index (χ0n) is 21.9. The summed E-state index contributed by atoms with van der Waals surface area (Å²) in [5.41, 5.74) is 2.36. The van der Waals surface area contributed by atoms with Gasteiger partial charge in [-0.2, -0.15) is 8.78 Å². The van der Waals surface area contributed by atoms with Gasteiger partial charge < -0.3 is 25.6 Å². The number of halogens is 6. The SMILES string of the molecule is CN1c2cc(OCC(F)F)c(C(=O)Nc3ccc(Br)cc3)cc2NC1NC1CC(CNC(=O)C(C)(F)F)=CC=C1Cl. The number of carbonyl (C=O) groups is 2. The monoisotopic (exact) mass is 659 g/mol. The Hall–Kier alpha value is -3.29. The number of carbonyl (C=O) groups excluding carboxylic acids is 2. The van der Waals surface area contributed by atoms with Crippen LogP contribution in [-0.2, 0) is 4.79 Å². The van der Waals surface area contributed by atoms with E-state index >= 15 is 0 Å². The highest BCUT2D eigenvalue weighted by Gasteiger charge is 2.34. The van der Waals surface area contributed by atoms with Crippen LogP contribution >= 0.6 is 27.5 Å². The van der Waals surface area contributed by atoms with Gasteiger partial charge in [-0.3, -0.25) is 14.9 Å². The molecule has 1 heterocycles. The van der Waals surface area contributed by atoms with E-state index in [9.17, 15) is 27.2 Å². The number of amides is 2. The van der Waals surface area contributed by atoms with Crippen LogP contribution in [0, 0.1) is 0 Å². The zero-order chi connectivity index (χ0) is 29.9. The summed E-state index contributed by atoms with van der Waals surface area (Å²) in [6.07, 6.45) is 0.331. The third kappa shape index (κ3) is 7.72. The molecule has 0 saturated heterocycles. The van der Waals surface area contributed by atoms with Gasteiger partial charge in [0, 0.05) is 41.8 Å². The first-order valence-electron chi connectivity index (χ1n) is 12.4. The Morgan fingerprint density at radius 2 is 1.93 bits per heavy atom. The van der Waals surface area contributed by atoms with Crippen molar-refractivity contribution in [2.24, 2.45) is 0 Å². The quantitative estimate of drug-likeness (QED) is 0.246. The fourth-order valence-electron chi connectivity index (χ4n) is 4.25. The molecule has 1 aliphatic carbocycles. The molecule has 2 aromatic rings. The van der Waals surface area contributed by atoms with E-state index in [0.29, 0.717) is 41.0 Å². The average molecular weight is 661 g/mol. The van der Waals surface area contributed by atoms with E-state index in [1.807, 2.05) is 0 Å². The van der Waals surface area contributed by atoms with Gasteiger partial charge in [0.25, 0.3) is 18.2 Å². The van der Waals surface area contributed by atoms with Crippen LogP contribution in [0.15, 0.2) is 63.6 Å². The van der Waals surface area contributed by atoms with Crippen LogP contribution in [0.3, 0.4) is 0 Å². The Morgan fingerprint density at radius 1 is 1.22 bits per heavy atom. The van der Waals surface area contributed by atoms with E-state index in [-0.39, 0.29) is 17.9 Å². The van der Waals surface area contributed by atoms with E-state index in [0.717, 1.165) is 4.47 Å². The van der Waals surface area contributed by atoms with E-state index in [1.54, 1.807) is 48.4 Å². The molecular weight excluding hydrogens is 634 g/mol. The highest BCUT2D eigenvalue weighted by atomic mass is 79.9. The lowest BCUT2D eigenvalue weighted by Crippen LogP contribution is -2.50. The van der Waals surface area contributed by atoms with Gasteiger partial charge in [-0.05, 0) is 48.4 Å². The van der Waals surface area contributed by atoms with Crippen LogP contribution in [0.4, 0.5) is 34.6 Å². The van der Waals surface area contributed by atoms with Crippen molar-refractivity contribution in [2.45, 2.75) is 38.0 Å². The summed E-state index contributed by atoms with van der Waals surface area (Å²) in [5.74, 6) is -5.43.